The van der Waals surface area contributed by atoms with Crippen LogP contribution in [0.25, 0.3) is 0 Å². The molecule has 2 rings (SSSR count). The molecule has 4 nitrogen and oxygen atoms in total. The van der Waals surface area contributed by atoms with Crippen molar-refractivity contribution in [3.8, 4) is 0 Å². The molecule has 0 bridgehead atoms. The smallest absolute Gasteiger partial charge is 0.314 e. The van der Waals surface area contributed by atoms with Crippen molar-refractivity contribution >= 4 is 9.84 Å². The third-order valence-electron chi connectivity index (χ3n) is 3.36. The van der Waals surface area contributed by atoms with E-state index >= 15 is 0 Å². The van der Waals surface area contributed by atoms with Gasteiger partial charge >= 0.3 is 5.92 Å². The minimum absolute atomic E-state index is 0.0461. The molecule has 0 aliphatic carbocycles. The Morgan fingerprint density at radius 3 is 2.33 bits per heavy atom. The van der Waals surface area contributed by atoms with Crippen molar-refractivity contribution in [1.82, 2.24) is 0 Å². The predicted molar refractivity (Wildman–Crippen MR) is 73.0 cm³/mol. The van der Waals surface area contributed by atoms with Crippen molar-refractivity contribution in [3.05, 3.63) is 30.3 Å². The summed E-state index contributed by atoms with van der Waals surface area (Å²) in [6.07, 6.45) is -1.64. The van der Waals surface area contributed by atoms with E-state index in [9.17, 15) is 17.2 Å². The molecule has 21 heavy (non-hydrogen) atoms. The highest BCUT2D eigenvalue weighted by molar-refractivity contribution is 7.92. The zero-order valence-corrected chi connectivity index (χ0v) is 12.5. The lowest BCUT2D eigenvalue weighted by Gasteiger charge is -2.29. The first-order valence-electron chi connectivity index (χ1n) is 6.80. The lowest BCUT2D eigenvalue weighted by Crippen LogP contribution is -2.49. The van der Waals surface area contributed by atoms with E-state index in [1.165, 1.54) is 24.3 Å². The molecule has 1 saturated heterocycles. The van der Waals surface area contributed by atoms with Gasteiger partial charge in [0, 0.05) is 0 Å². The van der Waals surface area contributed by atoms with E-state index in [1.54, 1.807) is 13.0 Å². The van der Waals surface area contributed by atoms with E-state index in [0.717, 1.165) is 0 Å². The molecule has 1 fully saturated rings. The molecule has 1 unspecified atom stereocenters. The van der Waals surface area contributed by atoms with Gasteiger partial charge in [0.25, 0.3) is 0 Å². The highest BCUT2D eigenvalue weighted by atomic mass is 32.2. The molecule has 1 aromatic rings. The highest BCUT2D eigenvalue weighted by Gasteiger charge is 2.55. The number of benzene rings is 1. The van der Waals surface area contributed by atoms with E-state index in [-0.39, 0.29) is 24.5 Å². The van der Waals surface area contributed by atoms with Gasteiger partial charge in [-0.3, -0.25) is 0 Å². The molecular weight excluding hydrogens is 302 g/mol. The molecule has 0 amide bonds. The van der Waals surface area contributed by atoms with Crippen LogP contribution >= 0.6 is 0 Å². The van der Waals surface area contributed by atoms with E-state index in [0.29, 0.717) is 6.42 Å². The van der Waals surface area contributed by atoms with Crippen LogP contribution in [0.2, 0.25) is 0 Å². The van der Waals surface area contributed by atoms with Crippen LogP contribution in [-0.4, -0.2) is 39.1 Å². The largest absolute Gasteiger partial charge is 0.345 e. The average molecular weight is 320 g/mol. The number of ether oxygens (including phenoxy) is 2. The lowest BCUT2D eigenvalue weighted by molar-refractivity contribution is -0.205. The predicted octanol–water partition coefficient (Wildman–Crippen LogP) is 2.64. The van der Waals surface area contributed by atoms with Gasteiger partial charge in [-0.2, -0.15) is 8.78 Å². The monoisotopic (exact) mass is 320 g/mol. The van der Waals surface area contributed by atoms with E-state index in [1.807, 2.05) is 0 Å². The second-order valence-electron chi connectivity index (χ2n) is 4.88. The Hall–Kier alpha value is -1.05. The quantitative estimate of drug-likeness (QED) is 0.808. The van der Waals surface area contributed by atoms with Gasteiger partial charge in [-0.1, -0.05) is 31.5 Å². The van der Waals surface area contributed by atoms with Crippen LogP contribution in [0.15, 0.2) is 35.2 Å². The van der Waals surface area contributed by atoms with Gasteiger partial charge in [-0.25, -0.2) is 8.42 Å². The summed E-state index contributed by atoms with van der Waals surface area (Å²) in [5.74, 6) is -3.60. The van der Waals surface area contributed by atoms with Crippen LogP contribution < -0.4 is 0 Å². The number of alkyl halides is 2. The van der Waals surface area contributed by atoms with Crippen molar-refractivity contribution in [2.24, 2.45) is 0 Å². The van der Waals surface area contributed by atoms with E-state index in [4.69, 9.17) is 9.47 Å². The Bertz CT molecular complexity index is 554. The van der Waals surface area contributed by atoms with Crippen LogP contribution in [0.4, 0.5) is 8.78 Å². The minimum atomic E-state index is -4.17. The summed E-state index contributed by atoms with van der Waals surface area (Å²) in [5.41, 5.74) is 0. The third-order valence-corrected chi connectivity index (χ3v) is 5.59. The van der Waals surface area contributed by atoms with Crippen LogP contribution in [-0.2, 0) is 19.3 Å². The standard InChI is InChI=1S/C14H18F2O4S/c1-2-6-12(14(15,16)13-19-9-10-20-13)21(17,18)11-7-4-3-5-8-11/h3-5,7-8,12-13H,2,6,9-10H2,1H3. The molecule has 7 heteroatoms. The first kappa shape index (κ1) is 16.3. The molecule has 118 valence electrons. The van der Waals surface area contributed by atoms with Crippen molar-refractivity contribution in [2.75, 3.05) is 13.2 Å². The SMILES string of the molecule is CCCC(C(F)(F)C1OCCO1)S(=O)(=O)c1ccccc1. The Morgan fingerprint density at radius 1 is 1.24 bits per heavy atom. The van der Waals surface area contributed by atoms with E-state index in [2.05, 4.69) is 0 Å². The van der Waals surface area contributed by atoms with E-state index < -0.39 is 27.3 Å². The molecule has 1 aliphatic rings. The molecule has 0 spiro atoms. The Kier molecular flexibility index (Phi) is 4.95. The maximum absolute atomic E-state index is 14.5. The van der Waals surface area contributed by atoms with Gasteiger partial charge in [-0.05, 0) is 18.6 Å². The summed E-state index contributed by atoms with van der Waals surface area (Å²) in [5, 5.41) is -1.86. The van der Waals surface area contributed by atoms with Gasteiger partial charge in [0.15, 0.2) is 9.84 Å². The summed E-state index contributed by atoms with van der Waals surface area (Å²) in [4.78, 5) is -0.110. The fraction of sp³-hybridized carbons (Fsp3) is 0.571. The van der Waals surface area contributed by atoms with Gasteiger partial charge < -0.3 is 9.47 Å². The highest BCUT2D eigenvalue weighted by Crippen LogP contribution is 2.37. The third kappa shape index (κ3) is 3.25. The molecule has 0 saturated carbocycles. The van der Waals surface area contributed by atoms with Crippen LogP contribution in [0.1, 0.15) is 19.8 Å². The topological polar surface area (TPSA) is 52.6 Å². The molecule has 0 N–H and O–H groups in total. The first-order valence-corrected chi connectivity index (χ1v) is 8.35. The van der Waals surface area contributed by atoms with Gasteiger partial charge in [0.1, 0.15) is 5.25 Å². The minimum Gasteiger partial charge on any atom is -0.345 e. The van der Waals surface area contributed by atoms with Crippen molar-refractivity contribution in [3.63, 3.8) is 0 Å². The van der Waals surface area contributed by atoms with Crippen molar-refractivity contribution < 1.29 is 26.7 Å². The normalized spacial score (nSPS) is 18.8. The number of sulfone groups is 1. The molecular formula is C14H18F2O4S. The van der Waals surface area contributed by atoms with Crippen molar-refractivity contribution in [1.29, 1.82) is 0 Å². The first-order chi connectivity index (χ1) is 9.90. The summed E-state index contributed by atoms with van der Waals surface area (Å²) in [6.45, 7) is 1.76. The lowest BCUT2D eigenvalue weighted by atomic mass is 10.1. The van der Waals surface area contributed by atoms with Gasteiger partial charge in [-0.15, -0.1) is 0 Å². The van der Waals surface area contributed by atoms with Crippen molar-refractivity contribution in [2.45, 2.75) is 42.1 Å². The maximum Gasteiger partial charge on any atom is 0.314 e. The summed E-state index contributed by atoms with van der Waals surface area (Å²) < 4.78 is 63.8. The number of hydrogen-bond acceptors (Lipinski definition) is 4. The Balaban J connectivity index is 2.38. The van der Waals surface area contributed by atoms with Gasteiger partial charge in [0.05, 0.1) is 18.1 Å². The summed E-state index contributed by atoms with van der Waals surface area (Å²) in [6, 6.07) is 7.30. The zero-order chi connectivity index (χ0) is 15.5. The summed E-state index contributed by atoms with van der Waals surface area (Å²) >= 11 is 0. The number of rotatable bonds is 6. The fourth-order valence-electron chi connectivity index (χ4n) is 2.32. The van der Waals surface area contributed by atoms with Crippen LogP contribution in [0.5, 0.6) is 0 Å². The maximum atomic E-state index is 14.5. The fourth-order valence-corrected chi connectivity index (χ4v) is 4.26. The number of hydrogen-bond donors (Lipinski definition) is 0. The second kappa shape index (κ2) is 6.37. The zero-order valence-electron chi connectivity index (χ0n) is 11.7. The molecule has 1 atom stereocenters. The molecule has 1 aromatic carbocycles. The Labute approximate surface area is 123 Å². The average Bonchev–Trinajstić information content (AvgIpc) is 3.00. The summed E-state index contributed by atoms with van der Waals surface area (Å²) in [7, 11) is -4.17. The van der Waals surface area contributed by atoms with Gasteiger partial charge in [0.2, 0.25) is 6.29 Å². The van der Waals surface area contributed by atoms with Crippen LogP contribution in [0, 0.1) is 0 Å². The molecule has 0 aromatic heterocycles. The number of halogens is 2. The Morgan fingerprint density at radius 2 is 1.81 bits per heavy atom. The molecule has 1 heterocycles. The van der Waals surface area contributed by atoms with Crippen LogP contribution in [0.3, 0.4) is 0 Å². The molecule has 1 aliphatic heterocycles. The molecule has 0 radical (unpaired) electrons. The second-order valence-corrected chi connectivity index (χ2v) is 7.01.